The van der Waals surface area contributed by atoms with E-state index in [0.717, 1.165) is 38.4 Å². The average Bonchev–Trinajstić information content (AvgIpc) is 2.81. The second-order valence-electron chi connectivity index (χ2n) is 4.55. The molecule has 4 heteroatoms. The fourth-order valence-electron chi connectivity index (χ4n) is 2.13. The first-order valence-electron chi connectivity index (χ1n) is 7.07. The van der Waals surface area contributed by atoms with E-state index in [2.05, 4.69) is 35.6 Å². The molecule has 2 unspecified atom stereocenters. The van der Waals surface area contributed by atoms with Crippen LogP contribution in [0, 0.1) is 0 Å². The fraction of sp³-hybridized carbons (Fsp3) is 0.786. The third-order valence-electron chi connectivity index (χ3n) is 3.20. The Morgan fingerprint density at radius 3 is 2.78 bits per heavy atom. The van der Waals surface area contributed by atoms with Crippen molar-refractivity contribution in [1.82, 2.24) is 14.9 Å². The van der Waals surface area contributed by atoms with Crippen LogP contribution >= 0.6 is 0 Å². The SMILES string of the molecule is CCCNC(Cc1nccn1CC)C(C)OCC. The van der Waals surface area contributed by atoms with Crippen molar-refractivity contribution in [2.45, 2.75) is 59.2 Å². The number of hydrogen-bond acceptors (Lipinski definition) is 3. The van der Waals surface area contributed by atoms with Gasteiger partial charge in [0.2, 0.25) is 0 Å². The minimum atomic E-state index is 0.212. The average molecular weight is 253 g/mol. The summed E-state index contributed by atoms with van der Waals surface area (Å²) in [5.41, 5.74) is 0. The smallest absolute Gasteiger partial charge is 0.110 e. The van der Waals surface area contributed by atoms with Crippen LogP contribution in [-0.4, -0.2) is 34.8 Å². The highest BCUT2D eigenvalue weighted by Gasteiger charge is 2.19. The summed E-state index contributed by atoms with van der Waals surface area (Å²) < 4.78 is 7.92. The summed E-state index contributed by atoms with van der Waals surface area (Å²) >= 11 is 0. The van der Waals surface area contributed by atoms with Gasteiger partial charge in [-0.05, 0) is 33.7 Å². The molecule has 0 aromatic carbocycles. The number of rotatable bonds is 9. The minimum absolute atomic E-state index is 0.212. The fourth-order valence-corrected chi connectivity index (χ4v) is 2.13. The number of aromatic nitrogens is 2. The van der Waals surface area contributed by atoms with Gasteiger partial charge in [0, 0.05) is 38.0 Å². The molecular weight excluding hydrogens is 226 g/mol. The molecule has 0 saturated heterocycles. The lowest BCUT2D eigenvalue weighted by Crippen LogP contribution is -2.42. The molecule has 1 heterocycles. The Morgan fingerprint density at radius 1 is 1.39 bits per heavy atom. The number of nitrogens with one attached hydrogen (secondary N) is 1. The van der Waals surface area contributed by atoms with E-state index in [1.165, 1.54) is 0 Å². The summed E-state index contributed by atoms with van der Waals surface area (Å²) in [5.74, 6) is 1.14. The summed E-state index contributed by atoms with van der Waals surface area (Å²) in [5, 5.41) is 3.57. The van der Waals surface area contributed by atoms with E-state index in [1.54, 1.807) is 0 Å². The first kappa shape index (κ1) is 15.2. The normalized spacial score (nSPS) is 14.7. The molecule has 4 nitrogen and oxygen atoms in total. The molecule has 0 bridgehead atoms. The predicted octanol–water partition coefficient (Wildman–Crippen LogP) is 2.24. The molecule has 1 N–H and O–H groups in total. The summed E-state index contributed by atoms with van der Waals surface area (Å²) in [6, 6.07) is 0.331. The van der Waals surface area contributed by atoms with Crippen molar-refractivity contribution >= 4 is 0 Å². The van der Waals surface area contributed by atoms with E-state index in [4.69, 9.17) is 4.74 Å². The van der Waals surface area contributed by atoms with Gasteiger partial charge in [-0.15, -0.1) is 0 Å². The lowest BCUT2D eigenvalue weighted by molar-refractivity contribution is 0.0469. The van der Waals surface area contributed by atoms with E-state index >= 15 is 0 Å². The number of nitrogens with zero attached hydrogens (tertiary/aromatic N) is 2. The monoisotopic (exact) mass is 253 g/mol. The van der Waals surface area contributed by atoms with Crippen LogP contribution in [-0.2, 0) is 17.7 Å². The maximum atomic E-state index is 5.72. The zero-order chi connectivity index (χ0) is 13.4. The number of ether oxygens (including phenoxy) is 1. The summed E-state index contributed by atoms with van der Waals surface area (Å²) in [6.07, 6.45) is 6.18. The van der Waals surface area contributed by atoms with Gasteiger partial charge in [0.15, 0.2) is 0 Å². The molecular formula is C14H27N3O. The van der Waals surface area contributed by atoms with Gasteiger partial charge in [-0.3, -0.25) is 0 Å². The molecule has 1 aromatic heterocycles. The van der Waals surface area contributed by atoms with Crippen LogP contribution < -0.4 is 5.32 Å². The second kappa shape index (κ2) is 8.27. The van der Waals surface area contributed by atoms with Gasteiger partial charge >= 0.3 is 0 Å². The molecule has 2 atom stereocenters. The van der Waals surface area contributed by atoms with Crippen molar-refractivity contribution in [1.29, 1.82) is 0 Å². The Hall–Kier alpha value is -0.870. The zero-order valence-electron chi connectivity index (χ0n) is 12.1. The topological polar surface area (TPSA) is 39.1 Å². The van der Waals surface area contributed by atoms with Crippen LogP contribution in [0.15, 0.2) is 12.4 Å². The summed E-state index contributed by atoms with van der Waals surface area (Å²) in [4.78, 5) is 4.44. The lowest BCUT2D eigenvalue weighted by atomic mass is 10.1. The Bertz CT molecular complexity index is 325. The third kappa shape index (κ3) is 4.42. The summed E-state index contributed by atoms with van der Waals surface area (Å²) in [6.45, 7) is 11.3. The van der Waals surface area contributed by atoms with E-state index in [1.807, 2.05) is 19.3 Å². The van der Waals surface area contributed by atoms with E-state index in [-0.39, 0.29) is 6.10 Å². The molecule has 0 aliphatic carbocycles. The number of aryl methyl sites for hydroxylation is 1. The standard InChI is InChI=1S/C14H27N3O/c1-5-8-15-13(12(4)18-7-3)11-14-16-9-10-17(14)6-2/h9-10,12-13,15H,5-8,11H2,1-4H3. The molecule has 0 fully saturated rings. The van der Waals surface area contributed by atoms with Gasteiger partial charge in [-0.2, -0.15) is 0 Å². The van der Waals surface area contributed by atoms with Crippen molar-refractivity contribution < 1.29 is 4.74 Å². The highest BCUT2D eigenvalue weighted by Crippen LogP contribution is 2.08. The number of imidazole rings is 1. The predicted molar refractivity (Wildman–Crippen MR) is 74.8 cm³/mol. The molecule has 0 saturated carbocycles. The molecule has 104 valence electrons. The second-order valence-corrected chi connectivity index (χ2v) is 4.55. The number of hydrogen-bond donors (Lipinski definition) is 1. The third-order valence-corrected chi connectivity index (χ3v) is 3.20. The van der Waals surface area contributed by atoms with Crippen LogP contribution in [0.2, 0.25) is 0 Å². The molecule has 0 aliphatic rings. The Kier molecular flexibility index (Phi) is 6.98. The van der Waals surface area contributed by atoms with Crippen molar-refractivity contribution in [3.05, 3.63) is 18.2 Å². The first-order valence-corrected chi connectivity index (χ1v) is 7.07. The molecule has 0 spiro atoms. The Balaban J connectivity index is 2.64. The van der Waals surface area contributed by atoms with Gasteiger partial charge in [-0.1, -0.05) is 6.92 Å². The van der Waals surface area contributed by atoms with Gasteiger partial charge in [-0.25, -0.2) is 4.98 Å². The molecule has 1 aromatic rings. The van der Waals surface area contributed by atoms with Crippen LogP contribution in [0.25, 0.3) is 0 Å². The van der Waals surface area contributed by atoms with E-state index in [0.29, 0.717) is 6.04 Å². The molecule has 0 aliphatic heterocycles. The van der Waals surface area contributed by atoms with Crippen molar-refractivity contribution in [2.75, 3.05) is 13.2 Å². The van der Waals surface area contributed by atoms with Crippen LogP contribution in [0.1, 0.15) is 39.9 Å². The van der Waals surface area contributed by atoms with Crippen molar-refractivity contribution in [2.24, 2.45) is 0 Å². The van der Waals surface area contributed by atoms with Gasteiger partial charge in [0.1, 0.15) is 5.82 Å². The zero-order valence-corrected chi connectivity index (χ0v) is 12.1. The van der Waals surface area contributed by atoms with Gasteiger partial charge < -0.3 is 14.6 Å². The maximum absolute atomic E-state index is 5.72. The van der Waals surface area contributed by atoms with Crippen LogP contribution in [0.4, 0.5) is 0 Å². The molecule has 0 amide bonds. The quantitative estimate of drug-likeness (QED) is 0.733. The van der Waals surface area contributed by atoms with Crippen molar-refractivity contribution in [3.63, 3.8) is 0 Å². The summed E-state index contributed by atoms with van der Waals surface area (Å²) in [7, 11) is 0. The Labute approximate surface area is 111 Å². The molecule has 1 rings (SSSR count). The maximum Gasteiger partial charge on any atom is 0.110 e. The van der Waals surface area contributed by atoms with E-state index in [9.17, 15) is 0 Å². The highest BCUT2D eigenvalue weighted by molar-refractivity contribution is 4.97. The first-order chi connectivity index (χ1) is 8.72. The van der Waals surface area contributed by atoms with Gasteiger partial charge in [0.05, 0.1) is 6.10 Å². The van der Waals surface area contributed by atoms with Crippen molar-refractivity contribution in [3.8, 4) is 0 Å². The Morgan fingerprint density at radius 2 is 2.17 bits per heavy atom. The molecule has 18 heavy (non-hydrogen) atoms. The van der Waals surface area contributed by atoms with E-state index < -0.39 is 0 Å². The highest BCUT2D eigenvalue weighted by atomic mass is 16.5. The van der Waals surface area contributed by atoms with Crippen LogP contribution in [0.5, 0.6) is 0 Å². The molecule has 0 radical (unpaired) electrons. The van der Waals surface area contributed by atoms with Gasteiger partial charge in [0.25, 0.3) is 0 Å². The van der Waals surface area contributed by atoms with Crippen LogP contribution in [0.3, 0.4) is 0 Å². The lowest BCUT2D eigenvalue weighted by Gasteiger charge is -2.25. The minimum Gasteiger partial charge on any atom is -0.377 e. The largest absolute Gasteiger partial charge is 0.377 e.